The fourth-order valence-electron chi connectivity index (χ4n) is 3.48. The van der Waals surface area contributed by atoms with Crippen LogP contribution in [0.25, 0.3) is 0 Å². The van der Waals surface area contributed by atoms with Gasteiger partial charge >= 0.3 is 5.97 Å². The van der Waals surface area contributed by atoms with Crippen molar-refractivity contribution in [2.24, 2.45) is 23.7 Å². The maximum atomic E-state index is 10.8. The predicted octanol–water partition coefficient (Wildman–Crippen LogP) is 3.49. The van der Waals surface area contributed by atoms with Crippen LogP contribution in [-0.2, 0) is 4.79 Å². The van der Waals surface area contributed by atoms with Gasteiger partial charge in [-0.05, 0) is 49.5 Å². The zero-order valence-electron chi connectivity index (χ0n) is 13.1. The van der Waals surface area contributed by atoms with Gasteiger partial charge in [0.25, 0.3) is 0 Å². The minimum Gasteiger partial charge on any atom is -0.481 e. The molecule has 3 atom stereocenters. The average Bonchev–Trinajstić information content (AvgIpc) is 2.27. The van der Waals surface area contributed by atoms with Crippen molar-refractivity contribution < 1.29 is 9.90 Å². The second kappa shape index (κ2) is 7.88. The number of hydrogen-bond acceptors (Lipinski definition) is 2. The Bertz CT molecular complexity index is 278. The summed E-state index contributed by atoms with van der Waals surface area (Å²) >= 11 is 0. The monoisotopic (exact) mass is 269 g/mol. The van der Waals surface area contributed by atoms with Crippen molar-refractivity contribution in [3.63, 3.8) is 0 Å². The summed E-state index contributed by atoms with van der Waals surface area (Å²) in [4.78, 5) is 13.4. The number of carboxylic acids is 1. The van der Waals surface area contributed by atoms with Crippen LogP contribution in [0.1, 0.15) is 53.4 Å². The van der Waals surface area contributed by atoms with Crippen molar-refractivity contribution in [3.05, 3.63) is 0 Å². The number of carbonyl (C=O) groups is 1. The summed E-state index contributed by atoms with van der Waals surface area (Å²) in [6.07, 6.45) is 4.03. The number of carboxylic acid groups (broad SMARTS) is 1. The van der Waals surface area contributed by atoms with Crippen molar-refractivity contribution in [3.8, 4) is 0 Å². The minimum atomic E-state index is -0.655. The molecule has 1 fully saturated rings. The van der Waals surface area contributed by atoms with Crippen molar-refractivity contribution >= 4 is 5.97 Å². The van der Waals surface area contributed by atoms with Crippen LogP contribution in [0.2, 0.25) is 0 Å². The van der Waals surface area contributed by atoms with Crippen LogP contribution in [0.5, 0.6) is 0 Å². The van der Waals surface area contributed by atoms with Crippen LogP contribution in [0, 0.1) is 23.7 Å². The Morgan fingerprint density at radius 2 is 2.00 bits per heavy atom. The molecule has 0 aromatic heterocycles. The lowest BCUT2D eigenvalue weighted by molar-refractivity contribution is -0.138. The fraction of sp³-hybridized carbons (Fsp3) is 0.938. The van der Waals surface area contributed by atoms with E-state index in [-0.39, 0.29) is 0 Å². The molecule has 3 nitrogen and oxygen atoms in total. The summed E-state index contributed by atoms with van der Waals surface area (Å²) in [5.74, 6) is 1.73. The molecular formula is C16H31NO2. The summed E-state index contributed by atoms with van der Waals surface area (Å²) in [7, 11) is 0. The molecule has 1 saturated heterocycles. The molecule has 0 saturated carbocycles. The van der Waals surface area contributed by atoms with E-state index in [1.165, 1.54) is 32.4 Å². The van der Waals surface area contributed by atoms with Gasteiger partial charge in [0.1, 0.15) is 0 Å². The molecule has 1 aliphatic rings. The Morgan fingerprint density at radius 3 is 2.58 bits per heavy atom. The van der Waals surface area contributed by atoms with Crippen molar-refractivity contribution in [2.75, 3.05) is 19.6 Å². The SMILES string of the molecule is CC(C)CC(C)CN1CCCC(C(C)CC(=O)O)C1. The van der Waals surface area contributed by atoms with Gasteiger partial charge in [0.2, 0.25) is 0 Å². The van der Waals surface area contributed by atoms with Crippen LogP contribution < -0.4 is 0 Å². The highest BCUT2D eigenvalue weighted by Gasteiger charge is 2.26. The zero-order chi connectivity index (χ0) is 14.4. The maximum absolute atomic E-state index is 10.8. The average molecular weight is 269 g/mol. The first-order valence-corrected chi connectivity index (χ1v) is 7.82. The quantitative estimate of drug-likeness (QED) is 0.769. The standard InChI is InChI=1S/C16H31NO2/c1-12(2)8-13(3)10-17-7-5-6-15(11-17)14(4)9-16(18)19/h12-15H,5-11H2,1-4H3,(H,18,19). The highest BCUT2D eigenvalue weighted by Crippen LogP contribution is 2.27. The molecule has 1 N–H and O–H groups in total. The zero-order valence-corrected chi connectivity index (χ0v) is 13.1. The molecule has 3 unspecified atom stereocenters. The van der Waals surface area contributed by atoms with E-state index in [9.17, 15) is 4.79 Å². The van der Waals surface area contributed by atoms with Gasteiger partial charge < -0.3 is 10.0 Å². The van der Waals surface area contributed by atoms with E-state index < -0.39 is 5.97 Å². The summed E-state index contributed by atoms with van der Waals surface area (Å²) in [5, 5.41) is 8.91. The van der Waals surface area contributed by atoms with Crippen LogP contribution in [0.3, 0.4) is 0 Å². The lowest BCUT2D eigenvalue weighted by atomic mass is 9.84. The number of piperidine rings is 1. The maximum Gasteiger partial charge on any atom is 0.303 e. The van der Waals surface area contributed by atoms with Gasteiger partial charge in [0.15, 0.2) is 0 Å². The van der Waals surface area contributed by atoms with E-state index in [4.69, 9.17) is 5.11 Å². The lowest BCUT2D eigenvalue weighted by Gasteiger charge is -2.37. The predicted molar refractivity (Wildman–Crippen MR) is 79.2 cm³/mol. The second-order valence-corrected chi connectivity index (χ2v) is 6.97. The van der Waals surface area contributed by atoms with Gasteiger partial charge in [0, 0.05) is 19.5 Å². The second-order valence-electron chi connectivity index (χ2n) is 6.97. The first-order chi connectivity index (χ1) is 8.88. The van der Waals surface area contributed by atoms with Crippen molar-refractivity contribution in [1.82, 2.24) is 4.90 Å². The Balaban J connectivity index is 2.39. The minimum absolute atomic E-state index is 0.306. The molecular weight excluding hydrogens is 238 g/mol. The molecule has 112 valence electrons. The molecule has 3 heteroatoms. The topological polar surface area (TPSA) is 40.5 Å². The molecule has 0 spiro atoms. The van der Waals surface area contributed by atoms with Gasteiger partial charge in [-0.25, -0.2) is 0 Å². The van der Waals surface area contributed by atoms with Crippen LogP contribution in [-0.4, -0.2) is 35.6 Å². The fourth-order valence-corrected chi connectivity index (χ4v) is 3.48. The Labute approximate surface area is 118 Å². The van der Waals surface area contributed by atoms with Crippen LogP contribution in [0.15, 0.2) is 0 Å². The van der Waals surface area contributed by atoms with Crippen LogP contribution in [0.4, 0.5) is 0 Å². The molecule has 19 heavy (non-hydrogen) atoms. The Morgan fingerprint density at radius 1 is 1.32 bits per heavy atom. The molecule has 0 aromatic carbocycles. The van der Waals surface area contributed by atoms with Crippen LogP contribution >= 0.6 is 0 Å². The van der Waals surface area contributed by atoms with E-state index in [1.807, 2.05) is 0 Å². The molecule has 0 radical (unpaired) electrons. The molecule has 1 rings (SSSR count). The van der Waals surface area contributed by atoms with Gasteiger partial charge in [-0.3, -0.25) is 4.79 Å². The largest absolute Gasteiger partial charge is 0.481 e. The first-order valence-electron chi connectivity index (χ1n) is 7.82. The summed E-state index contributed by atoms with van der Waals surface area (Å²) in [5.41, 5.74) is 0. The number of rotatable bonds is 7. The van der Waals surface area contributed by atoms with Gasteiger partial charge in [-0.1, -0.05) is 27.7 Å². The van der Waals surface area contributed by atoms with Gasteiger partial charge in [0.05, 0.1) is 0 Å². The van der Waals surface area contributed by atoms with Crippen molar-refractivity contribution in [1.29, 1.82) is 0 Å². The molecule has 0 amide bonds. The lowest BCUT2D eigenvalue weighted by Crippen LogP contribution is -2.40. The third-order valence-electron chi connectivity index (χ3n) is 4.29. The molecule has 0 aliphatic carbocycles. The van der Waals surface area contributed by atoms with Gasteiger partial charge in [-0.15, -0.1) is 0 Å². The molecule has 1 aliphatic heterocycles. The smallest absolute Gasteiger partial charge is 0.303 e. The van der Waals surface area contributed by atoms with E-state index >= 15 is 0 Å². The van der Waals surface area contributed by atoms with E-state index in [1.54, 1.807) is 0 Å². The number of aliphatic carboxylic acids is 1. The number of likely N-dealkylation sites (tertiary alicyclic amines) is 1. The van der Waals surface area contributed by atoms with Crippen molar-refractivity contribution in [2.45, 2.75) is 53.4 Å². The summed E-state index contributed by atoms with van der Waals surface area (Å²) in [6.45, 7) is 12.5. The number of nitrogens with zero attached hydrogens (tertiary/aromatic N) is 1. The molecule has 0 bridgehead atoms. The third kappa shape index (κ3) is 6.42. The van der Waals surface area contributed by atoms with E-state index in [0.717, 1.165) is 18.4 Å². The molecule has 0 aromatic rings. The molecule has 1 heterocycles. The van der Waals surface area contributed by atoms with Gasteiger partial charge in [-0.2, -0.15) is 0 Å². The summed E-state index contributed by atoms with van der Waals surface area (Å²) < 4.78 is 0. The van der Waals surface area contributed by atoms with E-state index in [2.05, 4.69) is 32.6 Å². The first kappa shape index (κ1) is 16.5. The normalized spacial score (nSPS) is 24.4. The highest BCUT2D eigenvalue weighted by atomic mass is 16.4. The Kier molecular flexibility index (Phi) is 6.84. The van der Waals surface area contributed by atoms with E-state index in [0.29, 0.717) is 18.3 Å². The Hall–Kier alpha value is -0.570. The highest BCUT2D eigenvalue weighted by molar-refractivity contribution is 5.66. The summed E-state index contributed by atoms with van der Waals surface area (Å²) in [6, 6.07) is 0. The third-order valence-corrected chi connectivity index (χ3v) is 4.29. The number of hydrogen-bond donors (Lipinski definition) is 1.